The summed E-state index contributed by atoms with van der Waals surface area (Å²) in [6.07, 6.45) is 3.03. The minimum atomic E-state index is -0.343. The van der Waals surface area contributed by atoms with E-state index >= 15 is 0 Å². The standard InChI is InChI=1S/C22H29N5O3S/c1-4-5-10-27-13-16(12-19(27)28)21(30)23-17-8-6-15(7-9-17)20(29)24-22-26-25-18(31-22)11-14(2)3/h6-9,14,16H,4-5,10-13H2,1-3H3,(H,23,30)(H,24,26,29). The van der Waals surface area contributed by atoms with Gasteiger partial charge in [0, 0.05) is 37.2 Å². The van der Waals surface area contributed by atoms with Crippen molar-refractivity contribution in [2.24, 2.45) is 11.8 Å². The zero-order chi connectivity index (χ0) is 22.4. The van der Waals surface area contributed by atoms with E-state index in [4.69, 9.17) is 0 Å². The molecule has 1 aliphatic heterocycles. The van der Waals surface area contributed by atoms with Gasteiger partial charge in [0.05, 0.1) is 5.92 Å². The van der Waals surface area contributed by atoms with Crippen molar-refractivity contribution in [2.75, 3.05) is 23.7 Å². The lowest BCUT2D eigenvalue weighted by Crippen LogP contribution is -2.29. The number of carbonyl (C=O) groups excluding carboxylic acids is 3. The second kappa shape index (κ2) is 10.5. The predicted molar refractivity (Wildman–Crippen MR) is 121 cm³/mol. The fourth-order valence-electron chi connectivity index (χ4n) is 3.37. The minimum Gasteiger partial charge on any atom is -0.342 e. The van der Waals surface area contributed by atoms with Gasteiger partial charge in [-0.05, 0) is 36.6 Å². The molecule has 9 heteroatoms. The Balaban J connectivity index is 1.52. The van der Waals surface area contributed by atoms with Crippen molar-refractivity contribution >= 4 is 39.9 Å². The first kappa shape index (κ1) is 22.9. The van der Waals surface area contributed by atoms with Crippen LogP contribution in [0.4, 0.5) is 10.8 Å². The Labute approximate surface area is 186 Å². The molecule has 0 aliphatic carbocycles. The molecule has 1 saturated heterocycles. The van der Waals surface area contributed by atoms with Gasteiger partial charge in [0.15, 0.2) is 0 Å². The average Bonchev–Trinajstić information content (AvgIpc) is 3.32. The van der Waals surface area contributed by atoms with Crippen LogP contribution in [0.15, 0.2) is 24.3 Å². The molecule has 1 atom stereocenters. The highest BCUT2D eigenvalue weighted by atomic mass is 32.1. The zero-order valence-corrected chi connectivity index (χ0v) is 19.0. The van der Waals surface area contributed by atoms with Crippen LogP contribution in [0.1, 0.15) is 55.4 Å². The number of nitrogens with one attached hydrogen (secondary N) is 2. The molecular weight excluding hydrogens is 414 g/mol. The van der Waals surface area contributed by atoms with Gasteiger partial charge in [-0.1, -0.05) is 38.5 Å². The van der Waals surface area contributed by atoms with Gasteiger partial charge in [-0.25, -0.2) is 0 Å². The van der Waals surface area contributed by atoms with Crippen LogP contribution in [-0.4, -0.2) is 45.9 Å². The van der Waals surface area contributed by atoms with Crippen molar-refractivity contribution in [1.29, 1.82) is 0 Å². The van der Waals surface area contributed by atoms with E-state index in [9.17, 15) is 14.4 Å². The molecule has 166 valence electrons. The van der Waals surface area contributed by atoms with Crippen molar-refractivity contribution in [2.45, 2.75) is 46.5 Å². The van der Waals surface area contributed by atoms with E-state index in [1.165, 1.54) is 11.3 Å². The van der Waals surface area contributed by atoms with Crippen LogP contribution in [0.5, 0.6) is 0 Å². The molecule has 0 saturated carbocycles. The van der Waals surface area contributed by atoms with Gasteiger partial charge in [0.1, 0.15) is 5.01 Å². The number of rotatable bonds is 9. The maximum atomic E-state index is 12.5. The smallest absolute Gasteiger partial charge is 0.257 e. The van der Waals surface area contributed by atoms with Crippen molar-refractivity contribution < 1.29 is 14.4 Å². The molecule has 3 amide bonds. The lowest BCUT2D eigenvalue weighted by Gasteiger charge is -2.16. The van der Waals surface area contributed by atoms with E-state index in [1.54, 1.807) is 29.2 Å². The van der Waals surface area contributed by atoms with Crippen molar-refractivity contribution in [1.82, 2.24) is 15.1 Å². The molecule has 1 fully saturated rings. The van der Waals surface area contributed by atoms with Gasteiger partial charge in [-0.2, -0.15) is 0 Å². The average molecular weight is 444 g/mol. The molecule has 1 aliphatic rings. The van der Waals surface area contributed by atoms with Gasteiger partial charge in [-0.15, -0.1) is 10.2 Å². The molecule has 1 aromatic heterocycles. The maximum absolute atomic E-state index is 12.5. The number of nitrogens with zero attached hydrogens (tertiary/aromatic N) is 3. The number of hydrogen-bond acceptors (Lipinski definition) is 6. The molecule has 0 radical (unpaired) electrons. The molecule has 1 unspecified atom stereocenters. The van der Waals surface area contributed by atoms with Gasteiger partial charge >= 0.3 is 0 Å². The third kappa shape index (κ3) is 6.33. The van der Waals surface area contributed by atoms with E-state index in [1.807, 2.05) is 0 Å². The lowest BCUT2D eigenvalue weighted by molar-refractivity contribution is -0.128. The SMILES string of the molecule is CCCCN1CC(C(=O)Nc2ccc(C(=O)Nc3nnc(CC(C)C)s3)cc2)CC1=O. The van der Waals surface area contributed by atoms with Crippen LogP contribution >= 0.6 is 11.3 Å². The minimum absolute atomic E-state index is 0.0360. The number of anilines is 2. The fourth-order valence-corrected chi connectivity index (χ4v) is 4.31. The molecule has 3 rings (SSSR count). The van der Waals surface area contributed by atoms with Crippen LogP contribution in [0.25, 0.3) is 0 Å². The third-order valence-corrected chi connectivity index (χ3v) is 5.91. The highest BCUT2D eigenvalue weighted by Gasteiger charge is 2.33. The van der Waals surface area contributed by atoms with E-state index in [0.717, 1.165) is 24.3 Å². The highest BCUT2D eigenvalue weighted by Crippen LogP contribution is 2.22. The molecule has 31 heavy (non-hydrogen) atoms. The van der Waals surface area contributed by atoms with E-state index in [2.05, 4.69) is 41.6 Å². The molecular formula is C22H29N5O3S. The molecule has 2 N–H and O–H groups in total. The Morgan fingerprint density at radius 1 is 1.19 bits per heavy atom. The highest BCUT2D eigenvalue weighted by molar-refractivity contribution is 7.15. The third-order valence-electron chi connectivity index (χ3n) is 5.05. The number of hydrogen-bond donors (Lipinski definition) is 2. The molecule has 1 aromatic carbocycles. The summed E-state index contributed by atoms with van der Waals surface area (Å²) >= 11 is 1.37. The number of amides is 3. The first-order chi connectivity index (χ1) is 14.9. The number of carbonyl (C=O) groups is 3. The summed E-state index contributed by atoms with van der Waals surface area (Å²) < 4.78 is 0. The van der Waals surface area contributed by atoms with Crippen molar-refractivity contribution in [3.63, 3.8) is 0 Å². The van der Waals surface area contributed by atoms with Crippen LogP contribution in [-0.2, 0) is 16.0 Å². The first-order valence-electron chi connectivity index (χ1n) is 10.7. The number of unbranched alkanes of at least 4 members (excludes halogenated alkanes) is 1. The van der Waals surface area contributed by atoms with Crippen LogP contribution in [0.2, 0.25) is 0 Å². The van der Waals surface area contributed by atoms with Gasteiger partial charge in [0.25, 0.3) is 5.91 Å². The summed E-state index contributed by atoms with van der Waals surface area (Å²) in [4.78, 5) is 38.8. The summed E-state index contributed by atoms with van der Waals surface area (Å²) in [5, 5.41) is 15.1. The quantitative estimate of drug-likeness (QED) is 0.616. The zero-order valence-electron chi connectivity index (χ0n) is 18.2. The van der Waals surface area contributed by atoms with Gasteiger partial charge in [0.2, 0.25) is 16.9 Å². The summed E-state index contributed by atoms with van der Waals surface area (Å²) in [6.45, 7) is 7.45. The summed E-state index contributed by atoms with van der Waals surface area (Å²) in [5.41, 5.74) is 1.05. The Bertz CT molecular complexity index is 925. The van der Waals surface area contributed by atoms with Gasteiger partial charge in [-0.3, -0.25) is 19.7 Å². The van der Waals surface area contributed by atoms with Crippen LogP contribution < -0.4 is 10.6 Å². The lowest BCUT2D eigenvalue weighted by atomic mass is 10.1. The Morgan fingerprint density at radius 2 is 1.94 bits per heavy atom. The maximum Gasteiger partial charge on any atom is 0.257 e. The molecule has 8 nitrogen and oxygen atoms in total. The normalized spacial score (nSPS) is 16.1. The van der Waals surface area contributed by atoms with E-state index < -0.39 is 0 Å². The predicted octanol–water partition coefficient (Wildman–Crippen LogP) is 3.58. The summed E-state index contributed by atoms with van der Waals surface area (Å²) in [7, 11) is 0. The molecule has 0 spiro atoms. The number of likely N-dealkylation sites (tertiary alicyclic amines) is 1. The fraction of sp³-hybridized carbons (Fsp3) is 0.500. The molecule has 2 aromatic rings. The number of benzene rings is 1. The Hall–Kier alpha value is -2.81. The van der Waals surface area contributed by atoms with Gasteiger partial charge < -0.3 is 10.2 Å². The van der Waals surface area contributed by atoms with E-state index in [-0.39, 0.29) is 30.1 Å². The topological polar surface area (TPSA) is 104 Å². The first-order valence-corrected chi connectivity index (χ1v) is 11.5. The summed E-state index contributed by atoms with van der Waals surface area (Å²) in [5.74, 6) is -0.284. The van der Waals surface area contributed by atoms with E-state index in [0.29, 0.717) is 35.4 Å². The number of aromatic nitrogens is 2. The second-order valence-electron chi connectivity index (χ2n) is 8.21. The van der Waals surface area contributed by atoms with Crippen LogP contribution in [0, 0.1) is 11.8 Å². The Kier molecular flexibility index (Phi) is 7.73. The van der Waals surface area contributed by atoms with Crippen LogP contribution in [0.3, 0.4) is 0 Å². The van der Waals surface area contributed by atoms with Crippen molar-refractivity contribution in [3.8, 4) is 0 Å². The largest absolute Gasteiger partial charge is 0.342 e. The summed E-state index contributed by atoms with van der Waals surface area (Å²) in [6, 6.07) is 6.66. The molecule has 2 heterocycles. The monoisotopic (exact) mass is 443 g/mol. The van der Waals surface area contributed by atoms with Crippen molar-refractivity contribution in [3.05, 3.63) is 34.8 Å². The molecule has 0 bridgehead atoms. The Morgan fingerprint density at radius 3 is 2.61 bits per heavy atom. The second-order valence-corrected chi connectivity index (χ2v) is 9.28.